The number of carboxylic acid groups (broad SMARTS) is 1. The molecule has 0 fully saturated rings. The van der Waals surface area contributed by atoms with Crippen LogP contribution in [-0.4, -0.2) is 30.6 Å². The van der Waals surface area contributed by atoms with Crippen molar-refractivity contribution in [2.45, 2.75) is 13.8 Å². The SMILES string of the molecule is COc1ccc(C(=O)NCC(C)(C)C(=O)O)cc1. The minimum absolute atomic E-state index is 0.0766. The van der Waals surface area contributed by atoms with Gasteiger partial charge in [-0.05, 0) is 38.1 Å². The summed E-state index contributed by atoms with van der Waals surface area (Å²) < 4.78 is 4.99. The van der Waals surface area contributed by atoms with Crippen LogP contribution in [0.5, 0.6) is 5.75 Å². The summed E-state index contributed by atoms with van der Waals surface area (Å²) in [5.74, 6) is -0.582. The summed E-state index contributed by atoms with van der Waals surface area (Å²) in [6.45, 7) is 3.19. The molecule has 5 nitrogen and oxygen atoms in total. The van der Waals surface area contributed by atoms with Crippen LogP contribution in [0.2, 0.25) is 0 Å². The molecule has 1 amide bonds. The highest BCUT2D eigenvalue weighted by Crippen LogP contribution is 2.14. The monoisotopic (exact) mass is 251 g/mol. The van der Waals surface area contributed by atoms with Gasteiger partial charge in [-0.3, -0.25) is 9.59 Å². The number of hydrogen-bond acceptors (Lipinski definition) is 3. The third-order valence-corrected chi connectivity index (χ3v) is 2.62. The van der Waals surface area contributed by atoms with Crippen molar-refractivity contribution in [1.29, 1.82) is 0 Å². The Morgan fingerprint density at radius 1 is 1.28 bits per heavy atom. The lowest BCUT2D eigenvalue weighted by Crippen LogP contribution is -2.38. The number of hydrogen-bond donors (Lipinski definition) is 2. The fourth-order valence-corrected chi connectivity index (χ4v) is 1.22. The Hall–Kier alpha value is -2.04. The van der Waals surface area contributed by atoms with Gasteiger partial charge in [-0.2, -0.15) is 0 Å². The molecule has 2 N–H and O–H groups in total. The number of rotatable bonds is 5. The number of benzene rings is 1. The second-order valence-corrected chi connectivity index (χ2v) is 4.60. The standard InChI is InChI=1S/C13H17NO4/c1-13(2,12(16)17)8-14-11(15)9-4-6-10(18-3)7-5-9/h4-7H,8H2,1-3H3,(H,14,15)(H,16,17). The molecule has 0 atom stereocenters. The first-order valence-electron chi connectivity index (χ1n) is 5.52. The van der Waals surface area contributed by atoms with E-state index in [4.69, 9.17) is 9.84 Å². The van der Waals surface area contributed by atoms with Crippen molar-refractivity contribution in [3.8, 4) is 5.75 Å². The van der Waals surface area contributed by atoms with Crippen molar-refractivity contribution in [3.63, 3.8) is 0 Å². The predicted octanol–water partition coefficient (Wildman–Crippen LogP) is 1.54. The number of aliphatic carboxylic acids is 1. The summed E-state index contributed by atoms with van der Waals surface area (Å²) in [6, 6.07) is 6.61. The van der Waals surface area contributed by atoms with Gasteiger partial charge in [0.1, 0.15) is 5.75 Å². The first-order chi connectivity index (χ1) is 8.36. The quantitative estimate of drug-likeness (QED) is 0.832. The molecule has 0 saturated carbocycles. The fourth-order valence-electron chi connectivity index (χ4n) is 1.22. The molecular weight excluding hydrogens is 234 g/mol. The minimum atomic E-state index is -0.984. The summed E-state index contributed by atoms with van der Waals surface area (Å²) in [6.07, 6.45) is 0. The van der Waals surface area contributed by atoms with Crippen molar-refractivity contribution in [2.75, 3.05) is 13.7 Å². The molecule has 5 heteroatoms. The maximum Gasteiger partial charge on any atom is 0.310 e. The van der Waals surface area contributed by atoms with Crippen molar-refractivity contribution in [1.82, 2.24) is 5.32 Å². The molecule has 0 radical (unpaired) electrons. The molecular formula is C13H17NO4. The van der Waals surface area contributed by atoms with Gasteiger partial charge in [-0.15, -0.1) is 0 Å². The van der Waals surface area contributed by atoms with E-state index < -0.39 is 11.4 Å². The first-order valence-corrected chi connectivity index (χ1v) is 5.52. The van der Waals surface area contributed by atoms with Crippen LogP contribution in [0.1, 0.15) is 24.2 Å². The highest BCUT2D eigenvalue weighted by Gasteiger charge is 2.27. The van der Waals surface area contributed by atoms with E-state index in [2.05, 4.69) is 5.32 Å². The summed E-state index contributed by atoms with van der Waals surface area (Å²) in [5.41, 5.74) is -0.515. The van der Waals surface area contributed by atoms with Crippen LogP contribution < -0.4 is 10.1 Å². The Labute approximate surface area is 106 Å². The van der Waals surface area contributed by atoms with E-state index in [1.807, 2.05) is 0 Å². The Morgan fingerprint density at radius 3 is 2.28 bits per heavy atom. The maximum atomic E-state index is 11.8. The molecule has 0 aliphatic rings. The largest absolute Gasteiger partial charge is 0.497 e. The Morgan fingerprint density at radius 2 is 1.83 bits per heavy atom. The van der Waals surface area contributed by atoms with E-state index >= 15 is 0 Å². The van der Waals surface area contributed by atoms with Gasteiger partial charge in [0.2, 0.25) is 0 Å². The van der Waals surface area contributed by atoms with Crippen LogP contribution in [0.15, 0.2) is 24.3 Å². The van der Waals surface area contributed by atoms with Gasteiger partial charge >= 0.3 is 5.97 Å². The first kappa shape index (κ1) is 14.0. The number of ether oxygens (including phenoxy) is 1. The molecule has 0 heterocycles. The van der Waals surface area contributed by atoms with Gasteiger partial charge in [-0.25, -0.2) is 0 Å². The van der Waals surface area contributed by atoms with Crippen LogP contribution in [-0.2, 0) is 4.79 Å². The van der Waals surface area contributed by atoms with Gasteiger partial charge in [-0.1, -0.05) is 0 Å². The topological polar surface area (TPSA) is 75.6 Å². The van der Waals surface area contributed by atoms with Gasteiger partial charge in [0.15, 0.2) is 0 Å². The summed E-state index contributed by atoms with van der Waals surface area (Å²) in [5, 5.41) is 11.5. The van der Waals surface area contributed by atoms with Crippen molar-refractivity contribution in [3.05, 3.63) is 29.8 Å². The van der Waals surface area contributed by atoms with Crippen LogP contribution in [0.4, 0.5) is 0 Å². The van der Waals surface area contributed by atoms with E-state index in [0.29, 0.717) is 11.3 Å². The average Bonchev–Trinajstić information content (AvgIpc) is 2.36. The molecule has 0 bridgehead atoms. The van der Waals surface area contributed by atoms with Crippen molar-refractivity contribution in [2.24, 2.45) is 5.41 Å². The van der Waals surface area contributed by atoms with Gasteiger partial charge in [0.25, 0.3) is 5.91 Å². The predicted molar refractivity (Wildman–Crippen MR) is 66.7 cm³/mol. The lowest BCUT2D eigenvalue weighted by atomic mass is 9.94. The Balaban J connectivity index is 2.63. The van der Waals surface area contributed by atoms with E-state index in [9.17, 15) is 9.59 Å². The number of nitrogens with one attached hydrogen (secondary N) is 1. The Kier molecular flexibility index (Phi) is 4.31. The van der Waals surface area contributed by atoms with Crippen molar-refractivity contribution < 1.29 is 19.4 Å². The summed E-state index contributed by atoms with van der Waals surface area (Å²) in [7, 11) is 1.55. The highest BCUT2D eigenvalue weighted by atomic mass is 16.5. The highest BCUT2D eigenvalue weighted by molar-refractivity contribution is 5.94. The molecule has 18 heavy (non-hydrogen) atoms. The lowest BCUT2D eigenvalue weighted by molar-refractivity contribution is -0.146. The molecule has 0 aliphatic heterocycles. The van der Waals surface area contributed by atoms with Crippen LogP contribution in [0, 0.1) is 5.41 Å². The number of carbonyl (C=O) groups excluding carboxylic acids is 1. The average molecular weight is 251 g/mol. The fraction of sp³-hybridized carbons (Fsp3) is 0.385. The lowest BCUT2D eigenvalue weighted by Gasteiger charge is -2.19. The summed E-state index contributed by atoms with van der Waals surface area (Å²) in [4.78, 5) is 22.7. The number of carboxylic acids is 1. The second-order valence-electron chi connectivity index (χ2n) is 4.60. The zero-order valence-corrected chi connectivity index (χ0v) is 10.7. The molecule has 0 saturated heterocycles. The molecule has 0 aliphatic carbocycles. The smallest absolute Gasteiger partial charge is 0.310 e. The summed E-state index contributed by atoms with van der Waals surface area (Å²) >= 11 is 0. The maximum absolute atomic E-state index is 11.8. The number of amides is 1. The minimum Gasteiger partial charge on any atom is -0.497 e. The van der Waals surface area contributed by atoms with Gasteiger partial charge < -0.3 is 15.2 Å². The normalized spacial score (nSPS) is 10.8. The van der Waals surface area contributed by atoms with Gasteiger partial charge in [0, 0.05) is 12.1 Å². The zero-order chi connectivity index (χ0) is 13.8. The van der Waals surface area contributed by atoms with Crippen LogP contribution >= 0.6 is 0 Å². The number of methoxy groups -OCH3 is 1. The molecule has 1 rings (SSSR count). The molecule has 0 unspecified atom stereocenters. The molecule has 1 aromatic carbocycles. The molecule has 0 aromatic heterocycles. The van der Waals surface area contributed by atoms with E-state index in [-0.39, 0.29) is 12.5 Å². The van der Waals surface area contributed by atoms with E-state index in [1.165, 1.54) is 0 Å². The van der Waals surface area contributed by atoms with Crippen molar-refractivity contribution >= 4 is 11.9 Å². The zero-order valence-electron chi connectivity index (χ0n) is 10.7. The van der Waals surface area contributed by atoms with Crippen LogP contribution in [0.25, 0.3) is 0 Å². The molecule has 0 spiro atoms. The van der Waals surface area contributed by atoms with E-state index in [0.717, 1.165) is 0 Å². The van der Waals surface area contributed by atoms with Gasteiger partial charge in [0.05, 0.1) is 12.5 Å². The number of carbonyl (C=O) groups is 2. The second kappa shape index (κ2) is 5.53. The molecule has 98 valence electrons. The molecule has 1 aromatic rings. The van der Waals surface area contributed by atoms with Crippen LogP contribution in [0.3, 0.4) is 0 Å². The third-order valence-electron chi connectivity index (χ3n) is 2.62. The van der Waals surface area contributed by atoms with E-state index in [1.54, 1.807) is 45.2 Å². The Bertz CT molecular complexity index is 437. The third kappa shape index (κ3) is 3.48.